The van der Waals surface area contributed by atoms with E-state index in [9.17, 15) is 13.6 Å². The van der Waals surface area contributed by atoms with Crippen LogP contribution in [0.15, 0.2) is 24.3 Å². The number of H-pyrrole nitrogens is 2. The minimum absolute atomic E-state index is 0.0620. The van der Waals surface area contributed by atoms with Crippen LogP contribution in [0.1, 0.15) is 41.4 Å². The number of rotatable bonds is 4. The molecule has 9 heteroatoms. The lowest BCUT2D eigenvalue weighted by Gasteiger charge is -2.37. The monoisotopic (exact) mass is 508 g/mol. The fraction of sp³-hybridized carbons (Fsp3) is 0.571. The van der Waals surface area contributed by atoms with Crippen LogP contribution in [0.2, 0.25) is 0 Å². The van der Waals surface area contributed by atoms with Crippen LogP contribution in [0.5, 0.6) is 0 Å². The molecule has 4 heterocycles. The number of aromatic nitrogens is 3. The van der Waals surface area contributed by atoms with E-state index in [2.05, 4.69) is 25.4 Å². The second-order valence-electron chi connectivity index (χ2n) is 11.8. The molecule has 3 fully saturated rings. The van der Waals surface area contributed by atoms with E-state index in [1.54, 1.807) is 6.92 Å². The summed E-state index contributed by atoms with van der Waals surface area (Å²) in [5.74, 6) is -2.40. The minimum atomic E-state index is -2.61. The van der Waals surface area contributed by atoms with E-state index in [0.717, 1.165) is 79.6 Å². The summed E-state index contributed by atoms with van der Waals surface area (Å²) in [5.41, 5.74) is 3.82. The minimum Gasteiger partial charge on any atom is -0.353 e. The van der Waals surface area contributed by atoms with Gasteiger partial charge in [0.05, 0.1) is 5.69 Å². The van der Waals surface area contributed by atoms with Gasteiger partial charge in [-0.25, -0.2) is 8.78 Å². The third kappa shape index (κ3) is 3.73. The number of carbonyl (C=O) groups is 1. The summed E-state index contributed by atoms with van der Waals surface area (Å²) in [5, 5.41) is 11.9. The molecule has 37 heavy (non-hydrogen) atoms. The molecule has 1 saturated carbocycles. The Morgan fingerprint density at radius 2 is 1.92 bits per heavy atom. The first-order chi connectivity index (χ1) is 17.8. The molecule has 1 aromatic carbocycles. The Kier molecular flexibility index (Phi) is 5.28. The van der Waals surface area contributed by atoms with Gasteiger partial charge in [-0.05, 0) is 56.5 Å². The van der Waals surface area contributed by atoms with Gasteiger partial charge < -0.3 is 15.2 Å². The van der Waals surface area contributed by atoms with Gasteiger partial charge in [0, 0.05) is 78.2 Å². The Bertz CT molecular complexity index is 1350. The standard InChI is InChI=1S/C28H34F2N6O/c1-27-15-23-20(14-24(27)28(27,29)30)25(34-33-23)22-12-18-2-3-19(13-21(18)32-22)26(37)36-10-8-35(9-11-36)16-17-4-6-31-7-5-17/h2-3,12-13,17,24,31-32H,4-11,14-16H2,1H3,(H,33,34)/t24-,27+/m0/s1. The van der Waals surface area contributed by atoms with Gasteiger partial charge in [0.2, 0.25) is 0 Å². The first kappa shape index (κ1) is 23.3. The van der Waals surface area contributed by atoms with E-state index in [1.165, 1.54) is 12.8 Å². The van der Waals surface area contributed by atoms with Crippen LogP contribution in [-0.4, -0.2) is 82.6 Å². The predicted molar refractivity (Wildman–Crippen MR) is 138 cm³/mol. The number of alkyl halides is 2. The average molecular weight is 509 g/mol. The summed E-state index contributed by atoms with van der Waals surface area (Å²) in [6.45, 7) is 8.40. The highest BCUT2D eigenvalue weighted by Gasteiger charge is 2.78. The number of hydrogen-bond donors (Lipinski definition) is 3. The molecule has 2 saturated heterocycles. The number of halogens is 2. The molecule has 1 amide bonds. The molecule has 2 atom stereocenters. The molecule has 2 aliphatic carbocycles. The molecule has 4 aliphatic rings. The fourth-order valence-electron chi connectivity index (χ4n) is 6.96. The number of nitrogens with zero attached hydrogens (tertiary/aromatic N) is 3. The van der Waals surface area contributed by atoms with E-state index < -0.39 is 17.3 Å². The smallest absolute Gasteiger partial charge is 0.258 e. The van der Waals surface area contributed by atoms with Crippen molar-refractivity contribution in [1.29, 1.82) is 0 Å². The van der Waals surface area contributed by atoms with Crippen LogP contribution in [0.25, 0.3) is 22.3 Å². The van der Waals surface area contributed by atoms with Gasteiger partial charge in [-0.1, -0.05) is 13.0 Å². The van der Waals surface area contributed by atoms with Gasteiger partial charge in [0.15, 0.2) is 0 Å². The average Bonchev–Trinajstić information content (AvgIpc) is 3.30. The van der Waals surface area contributed by atoms with Gasteiger partial charge in [-0.15, -0.1) is 0 Å². The zero-order valence-corrected chi connectivity index (χ0v) is 21.2. The molecule has 0 radical (unpaired) electrons. The van der Waals surface area contributed by atoms with Crippen LogP contribution >= 0.6 is 0 Å². The fourth-order valence-corrected chi connectivity index (χ4v) is 6.96. The van der Waals surface area contributed by atoms with Crippen molar-refractivity contribution >= 4 is 16.8 Å². The Labute approximate surface area is 215 Å². The number of piperazine rings is 1. The van der Waals surface area contributed by atoms with Gasteiger partial charge in [-0.2, -0.15) is 5.10 Å². The van der Waals surface area contributed by atoms with Crippen molar-refractivity contribution in [2.45, 2.75) is 38.5 Å². The number of amides is 1. The summed E-state index contributed by atoms with van der Waals surface area (Å²) in [7, 11) is 0. The lowest BCUT2D eigenvalue weighted by molar-refractivity contribution is 0.0607. The number of hydrogen-bond acceptors (Lipinski definition) is 4. The molecule has 0 spiro atoms. The molecule has 2 aliphatic heterocycles. The number of benzene rings is 1. The van der Waals surface area contributed by atoms with Crippen LogP contribution in [0.3, 0.4) is 0 Å². The lowest BCUT2D eigenvalue weighted by Crippen LogP contribution is -2.50. The molecule has 3 N–H and O–H groups in total. The lowest BCUT2D eigenvalue weighted by atomic mass is 9.87. The summed E-state index contributed by atoms with van der Waals surface area (Å²) in [6, 6.07) is 7.76. The Balaban J connectivity index is 1.05. The van der Waals surface area contributed by atoms with Crippen molar-refractivity contribution in [2.75, 3.05) is 45.8 Å². The van der Waals surface area contributed by atoms with Crippen LogP contribution in [-0.2, 0) is 12.8 Å². The maximum atomic E-state index is 14.3. The summed E-state index contributed by atoms with van der Waals surface area (Å²) < 4.78 is 28.7. The first-order valence-electron chi connectivity index (χ1n) is 13.6. The second-order valence-corrected chi connectivity index (χ2v) is 11.8. The van der Waals surface area contributed by atoms with Crippen molar-refractivity contribution in [3.05, 3.63) is 41.1 Å². The molecule has 3 aromatic rings. The predicted octanol–water partition coefficient (Wildman–Crippen LogP) is 3.69. The second kappa shape index (κ2) is 8.36. The number of piperidine rings is 1. The Morgan fingerprint density at radius 1 is 1.14 bits per heavy atom. The number of aromatic amines is 2. The topological polar surface area (TPSA) is 80.1 Å². The van der Waals surface area contributed by atoms with Crippen molar-refractivity contribution in [2.24, 2.45) is 17.3 Å². The Hall–Kier alpha value is -2.78. The summed E-state index contributed by atoms with van der Waals surface area (Å²) in [6.07, 6.45) is 3.15. The zero-order valence-electron chi connectivity index (χ0n) is 21.2. The van der Waals surface area contributed by atoms with Gasteiger partial charge in [0.1, 0.15) is 5.69 Å². The van der Waals surface area contributed by atoms with Crippen LogP contribution in [0.4, 0.5) is 8.78 Å². The Morgan fingerprint density at radius 3 is 2.70 bits per heavy atom. The van der Waals surface area contributed by atoms with E-state index in [0.29, 0.717) is 24.1 Å². The largest absolute Gasteiger partial charge is 0.353 e. The van der Waals surface area contributed by atoms with E-state index in [4.69, 9.17) is 0 Å². The van der Waals surface area contributed by atoms with Gasteiger partial charge in [0.25, 0.3) is 11.8 Å². The van der Waals surface area contributed by atoms with Crippen molar-refractivity contribution in [3.8, 4) is 11.4 Å². The number of fused-ring (bicyclic) bond motifs is 3. The molecule has 7 rings (SSSR count). The molecule has 0 bridgehead atoms. The zero-order chi connectivity index (χ0) is 25.4. The molecular weight excluding hydrogens is 474 g/mol. The highest BCUT2D eigenvalue weighted by molar-refractivity contribution is 5.99. The van der Waals surface area contributed by atoms with Gasteiger partial charge in [-0.3, -0.25) is 14.8 Å². The summed E-state index contributed by atoms with van der Waals surface area (Å²) in [4.78, 5) is 21.2. The van der Waals surface area contributed by atoms with Crippen molar-refractivity contribution in [3.63, 3.8) is 0 Å². The van der Waals surface area contributed by atoms with Gasteiger partial charge >= 0.3 is 0 Å². The highest BCUT2D eigenvalue weighted by Crippen LogP contribution is 2.70. The SMILES string of the molecule is C[C@@]12Cc3[nH]nc(-c4cc5ccc(C(=O)N6CCN(CC7CCNCC7)CC6)cc5[nH]4)c3C[C@@H]1C2(F)F. The van der Waals surface area contributed by atoms with Crippen molar-refractivity contribution in [1.82, 2.24) is 30.3 Å². The quantitative estimate of drug-likeness (QED) is 0.502. The molecular formula is C28H34F2N6O. The molecule has 0 unspecified atom stereocenters. The third-order valence-corrected chi connectivity index (χ3v) is 9.55. The maximum absolute atomic E-state index is 14.3. The van der Waals surface area contributed by atoms with E-state index in [1.807, 2.05) is 29.2 Å². The normalized spacial score (nSPS) is 27.8. The third-order valence-electron chi connectivity index (χ3n) is 9.55. The molecule has 196 valence electrons. The molecule has 2 aromatic heterocycles. The van der Waals surface area contributed by atoms with Crippen LogP contribution in [0, 0.1) is 17.3 Å². The van der Waals surface area contributed by atoms with Crippen molar-refractivity contribution < 1.29 is 13.6 Å². The molecule has 7 nitrogen and oxygen atoms in total. The highest BCUT2D eigenvalue weighted by atomic mass is 19.3. The number of nitrogens with one attached hydrogen (secondary N) is 3. The van der Waals surface area contributed by atoms with E-state index >= 15 is 0 Å². The maximum Gasteiger partial charge on any atom is 0.258 e. The summed E-state index contributed by atoms with van der Waals surface area (Å²) >= 11 is 0. The van der Waals surface area contributed by atoms with Crippen LogP contribution < -0.4 is 5.32 Å². The first-order valence-corrected chi connectivity index (χ1v) is 13.6. The van der Waals surface area contributed by atoms with E-state index in [-0.39, 0.29) is 5.91 Å². The number of carbonyl (C=O) groups excluding carboxylic acids is 1.